The highest BCUT2D eigenvalue weighted by Crippen LogP contribution is 2.51. The van der Waals surface area contributed by atoms with Crippen LogP contribution in [0.5, 0.6) is 0 Å². The molecule has 0 heterocycles. The van der Waals surface area contributed by atoms with Crippen LogP contribution in [0.4, 0.5) is 0 Å². The number of nitrogens with two attached hydrogens (primary N) is 1. The van der Waals surface area contributed by atoms with Crippen LogP contribution in [0.25, 0.3) is 0 Å². The van der Waals surface area contributed by atoms with E-state index in [0.717, 1.165) is 0 Å². The molecule has 0 aliphatic carbocycles. The van der Waals surface area contributed by atoms with Crippen LogP contribution in [0.2, 0.25) is 0 Å². The molecule has 0 spiro atoms. The topological polar surface area (TPSA) is 147 Å². The van der Waals surface area contributed by atoms with Gasteiger partial charge in [-0.15, -0.1) is 0 Å². The van der Waals surface area contributed by atoms with Gasteiger partial charge in [0.15, 0.2) is 0 Å². The first kappa shape index (κ1) is 24.8. The Morgan fingerprint density at radius 2 is 1.96 bits per heavy atom. The monoisotopic (exact) mass is 434 g/mol. The van der Waals surface area contributed by atoms with Crippen molar-refractivity contribution < 1.29 is 27.8 Å². The minimum absolute atomic E-state index is 0.145. The molecule has 1 rings (SSSR count). The number of aliphatic carboxylic acids is 1. The first-order valence-electron chi connectivity index (χ1n) is 9.26. The number of sulfonamides is 1. The highest BCUT2D eigenvalue weighted by atomic mass is 32.2. The van der Waals surface area contributed by atoms with Crippen LogP contribution in [-0.4, -0.2) is 42.1 Å². The molecule has 8 nitrogen and oxygen atoms in total. The van der Waals surface area contributed by atoms with E-state index >= 15 is 0 Å². The normalized spacial score (nSPS) is 16.5. The van der Waals surface area contributed by atoms with Crippen LogP contribution in [0.3, 0.4) is 0 Å². The zero-order valence-electron chi connectivity index (χ0n) is 16.5. The fraction of sp³-hybridized carbons (Fsp3) is 0.611. The van der Waals surface area contributed by atoms with Crippen molar-refractivity contribution >= 4 is 23.4 Å². The lowest BCUT2D eigenvalue weighted by atomic mass is 9.99. The Morgan fingerprint density at radius 1 is 1.32 bits per heavy atom. The van der Waals surface area contributed by atoms with Crippen LogP contribution >= 0.6 is 7.37 Å². The van der Waals surface area contributed by atoms with Gasteiger partial charge < -0.3 is 15.7 Å². The minimum Gasteiger partial charge on any atom is -0.481 e. The Bertz CT molecular complexity index is 812. The van der Waals surface area contributed by atoms with E-state index in [2.05, 4.69) is 4.72 Å². The van der Waals surface area contributed by atoms with Gasteiger partial charge in [-0.05, 0) is 23.5 Å². The van der Waals surface area contributed by atoms with Crippen LogP contribution in [0.15, 0.2) is 24.3 Å². The van der Waals surface area contributed by atoms with E-state index < -0.39 is 47.1 Å². The number of nitrogens with one attached hydrogen (secondary N) is 1. The van der Waals surface area contributed by atoms with Gasteiger partial charge in [-0.1, -0.05) is 51.5 Å². The van der Waals surface area contributed by atoms with E-state index in [9.17, 15) is 27.8 Å². The summed E-state index contributed by atoms with van der Waals surface area (Å²) in [5.41, 5.74) is 6.66. The van der Waals surface area contributed by atoms with Crippen LogP contribution in [0, 0.1) is 5.92 Å². The second-order valence-electron chi connectivity index (χ2n) is 7.26. The molecule has 0 amide bonds. The standard InChI is InChI=1S/C18H31N2O6PS/c1-4-5-9-28(25,26)20-17(13(2)3)27(23,24)12-16(18(21)22)15-8-6-7-14(10-15)11-19/h6-8,10,13,16-17,20H,4-5,9,11-12,19H2,1-3H3,(H,21,22)(H,23,24)/t16-,17-/m0/s1. The predicted octanol–water partition coefficient (Wildman–Crippen LogP) is 2.29. The molecule has 3 atom stereocenters. The molecule has 1 aromatic rings. The van der Waals surface area contributed by atoms with Crippen molar-refractivity contribution in [1.29, 1.82) is 0 Å². The summed E-state index contributed by atoms with van der Waals surface area (Å²) in [4.78, 5) is 22.5. The van der Waals surface area contributed by atoms with Crippen LogP contribution in [0.1, 0.15) is 50.7 Å². The fourth-order valence-electron chi connectivity index (χ4n) is 2.90. The Balaban J connectivity index is 3.16. The van der Waals surface area contributed by atoms with E-state index in [1.165, 1.54) is 0 Å². The largest absolute Gasteiger partial charge is 0.481 e. The summed E-state index contributed by atoms with van der Waals surface area (Å²) in [7, 11) is -7.94. The fourth-order valence-corrected chi connectivity index (χ4v) is 7.52. The molecule has 1 aromatic carbocycles. The van der Waals surface area contributed by atoms with Crippen molar-refractivity contribution in [3.05, 3.63) is 35.4 Å². The molecule has 28 heavy (non-hydrogen) atoms. The lowest BCUT2D eigenvalue weighted by Crippen LogP contribution is -2.40. The highest BCUT2D eigenvalue weighted by Gasteiger charge is 2.40. The van der Waals surface area contributed by atoms with Gasteiger partial charge in [0.05, 0.1) is 11.7 Å². The van der Waals surface area contributed by atoms with Gasteiger partial charge in [0, 0.05) is 12.7 Å². The lowest BCUT2D eigenvalue weighted by Gasteiger charge is -2.29. The van der Waals surface area contributed by atoms with Crippen LogP contribution in [-0.2, 0) is 25.9 Å². The van der Waals surface area contributed by atoms with E-state index in [-0.39, 0.29) is 12.3 Å². The molecule has 0 aliphatic heterocycles. The predicted molar refractivity (Wildman–Crippen MR) is 110 cm³/mol. The van der Waals surface area contributed by atoms with Gasteiger partial charge in [0.1, 0.15) is 5.78 Å². The first-order chi connectivity index (χ1) is 12.9. The van der Waals surface area contributed by atoms with Crippen molar-refractivity contribution in [3.8, 4) is 0 Å². The van der Waals surface area contributed by atoms with Crippen molar-refractivity contribution in [2.75, 3.05) is 11.9 Å². The third-order valence-corrected chi connectivity index (χ3v) is 8.56. The van der Waals surface area contributed by atoms with Crippen molar-refractivity contribution in [2.45, 2.75) is 51.9 Å². The Hall–Kier alpha value is -1.25. The molecular weight excluding hydrogens is 403 g/mol. The number of hydrogen-bond donors (Lipinski definition) is 4. The quantitative estimate of drug-likeness (QED) is 0.369. The zero-order valence-corrected chi connectivity index (χ0v) is 18.2. The molecule has 160 valence electrons. The number of carboxylic acid groups (broad SMARTS) is 1. The summed E-state index contributed by atoms with van der Waals surface area (Å²) >= 11 is 0. The average molecular weight is 434 g/mol. The molecule has 0 saturated heterocycles. The lowest BCUT2D eigenvalue weighted by molar-refractivity contribution is -0.138. The summed E-state index contributed by atoms with van der Waals surface area (Å²) in [5, 5.41) is 9.62. The van der Waals surface area contributed by atoms with E-state index in [1.807, 2.05) is 6.92 Å². The van der Waals surface area contributed by atoms with Crippen molar-refractivity contribution in [3.63, 3.8) is 0 Å². The third kappa shape index (κ3) is 7.29. The summed E-state index contributed by atoms with van der Waals surface area (Å²) in [5.74, 6) is -4.39. The van der Waals surface area contributed by atoms with Gasteiger partial charge in [0.2, 0.25) is 17.4 Å². The van der Waals surface area contributed by atoms with Gasteiger partial charge in [0.25, 0.3) is 0 Å². The summed E-state index contributed by atoms with van der Waals surface area (Å²) < 4.78 is 39.9. The van der Waals surface area contributed by atoms with Crippen molar-refractivity contribution in [1.82, 2.24) is 4.72 Å². The smallest absolute Gasteiger partial charge is 0.311 e. The second-order valence-corrected chi connectivity index (χ2v) is 11.6. The number of benzene rings is 1. The van der Waals surface area contributed by atoms with E-state index in [1.54, 1.807) is 38.1 Å². The molecule has 10 heteroatoms. The van der Waals surface area contributed by atoms with Gasteiger partial charge in [-0.3, -0.25) is 9.36 Å². The number of unbranched alkanes of at least 4 members (excludes halogenated alkanes) is 1. The Morgan fingerprint density at radius 3 is 2.46 bits per heavy atom. The van der Waals surface area contributed by atoms with Gasteiger partial charge in [-0.25, -0.2) is 13.1 Å². The number of hydrogen-bond acceptors (Lipinski definition) is 5. The first-order valence-corrected chi connectivity index (χ1v) is 12.8. The molecule has 0 aliphatic rings. The molecule has 0 bridgehead atoms. The molecule has 0 aromatic heterocycles. The number of rotatable bonds is 12. The number of carbonyl (C=O) groups is 1. The minimum atomic E-state index is -4.19. The number of carboxylic acids is 1. The maximum Gasteiger partial charge on any atom is 0.311 e. The Kier molecular flexibility index (Phi) is 9.30. The zero-order chi connectivity index (χ0) is 21.5. The van der Waals surface area contributed by atoms with E-state index in [0.29, 0.717) is 24.0 Å². The summed E-state index contributed by atoms with van der Waals surface area (Å²) in [6.07, 6.45) is 0.525. The maximum atomic E-state index is 13.1. The maximum absolute atomic E-state index is 13.1. The Labute approximate surface area is 167 Å². The molecule has 0 fully saturated rings. The SMILES string of the molecule is CCCCS(=O)(=O)N[C@H](C(C)C)P(=O)(O)C[C@H](C(=O)O)c1cccc(CN)c1. The van der Waals surface area contributed by atoms with Crippen molar-refractivity contribution in [2.24, 2.45) is 11.7 Å². The third-order valence-electron chi connectivity index (χ3n) is 4.46. The average Bonchev–Trinajstić information content (AvgIpc) is 2.62. The highest BCUT2D eigenvalue weighted by molar-refractivity contribution is 7.89. The molecule has 0 saturated carbocycles. The van der Waals surface area contributed by atoms with E-state index in [4.69, 9.17) is 5.73 Å². The molecule has 0 radical (unpaired) electrons. The second kappa shape index (κ2) is 10.5. The van der Waals surface area contributed by atoms with Gasteiger partial charge in [-0.2, -0.15) is 0 Å². The molecule has 5 N–H and O–H groups in total. The summed E-state index contributed by atoms with van der Waals surface area (Å²) in [6.45, 7) is 5.31. The molecular formula is C18H31N2O6PS. The molecule has 1 unspecified atom stereocenters. The van der Waals surface area contributed by atoms with Crippen LogP contribution < -0.4 is 10.5 Å². The van der Waals surface area contributed by atoms with Gasteiger partial charge >= 0.3 is 5.97 Å². The summed E-state index contributed by atoms with van der Waals surface area (Å²) in [6, 6.07) is 6.53.